The summed E-state index contributed by atoms with van der Waals surface area (Å²) in [4.78, 5) is 47.5. The predicted molar refractivity (Wildman–Crippen MR) is 194 cm³/mol. The molecule has 2 aromatic heterocycles. The van der Waals surface area contributed by atoms with Crippen LogP contribution < -0.4 is 5.32 Å². The number of rotatable bonds is 10. The number of aliphatic hydroxyl groups excluding tert-OH is 1. The first-order chi connectivity index (χ1) is 25.3. The lowest BCUT2D eigenvalue weighted by atomic mass is 9.94. The SMILES string of the molecule is COCCn1cc(-c2ccc(-c3cnc(C(=O)Nc4ccc(C(=O)N5CCN(C(=O)C6CC[N+](C)(C)CC6)CC5)c(Cl)c4)n3C)c(F)c2F)c(CO)n1. The number of quaternary nitrogens is 1. The number of halogens is 3. The number of piperazine rings is 1. The molecule has 4 heterocycles. The first-order valence-corrected chi connectivity index (χ1v) is 17.9. The summed E-state index contributed by atoms with van der Waals surface area (Å²) in [6.45, 7) is 3.90. The van der Waals surface area contributed by atoms with Gasteiger partial charge in [0.05, 0.1) is 75.1 Å². The number of benzene rings is 2. The van der Waals surface area contributed by atoms with Crippen molar-refractivity contribution in [2.24, 2.45) is 13.0 Å². The Morgan fingerprint density at radius 3 is 2.32 bits per heavy atom. The highest BCUT2D eigenvalue weighted by Gasteiger charge is 2.35. The van der Waals surface area contributed by atoms with Gasteiger partial charge in [0.2, 0.25) is 5.91 Å². The van der Waals surface area contributed by atoms with E-state index in [0.29, 0.717) is 45.0 Å². The minimum Gasteiger partial charge on any atom is -0.390 e. The summed E-state index contributed by atoms with van der Waals surface area (Å²) in [6, 6.07) is 7.32. The zero-order chi connectivity index (χ0) is 38.0. The maximum absolute atomic E-state index is 15.6. The molecule has 0 unspecified atom stereocenters. The molecular weight excluding hydrogens is 710 g/mol. The van der Waals surface area contributed by atoms with Crippen LogP contribution in [0.3, 0.4) is 0 Å². The third-order valence-corrected chi connectivity index (χ3v) is 10.5. The van der Waals surface area contributed by atoms with E-state index >= 15 is 8.78 Å². The van der Waals surface area contributed by atoms with Gasteiger partial charge in [0.25, 0.3) is 11.8 Å². The first-order valence-electron chi connectivity index (χ1n) is 17.5. The maximum Gasteiger partial charge on any atom is 0.291 e. The average molecular weight is 754 g/mol. The van der Waals surface area contributed by atoms with Crippen LogP contribution >= 0.6 is 11.6 Å². The van der Waals surface area contributed by atoms with Crippen LogP contribution in [0.2, 0.25) is 5.02 Å². The molecule has 0 atom stereocenters. The average Bonchev–Trinajstić information content (AvgIpc) is 3.74. The van der Waals surface area contributed by atoms with Crippen molar-refractivity contribution in [3.8, 4) is 22.4 Å². The summed E-state index contributed by atoms with van der Waals surface area (Å²) >= 11 is 6.54. The Kier molecular flexibility index (Phi) is 11.3. The number of ether oxygens (including phenoxy) is 1. The van der Waals surface area contributed by atoms with Crippen LogP contribution in [0.15, 0.2) is 42.7 Å². The molecular formula is C37H44ClF2N8O5+. The summed E-state index contributed by atoms with van der Waals surface area (Å²) < 4.78 is 39.9. The van der Waals surface area contributed by atoms with Gasteiger partial charge in [0.15, 0.2) is 17.5 Å². The van der Waals surface area contributed by atoms with E-state index in [9.17, 15) is 19.5 Å². The van der Waals surface area contributed by atoms with E-state index in [2.05, 4.69) is 29.5 Å². The van der Waals surface area contributed by atoms with Crippen molar-refractivity contribution in [2.75, 3.05) is 72.4 Å². The fourth-order valence-corrected chi connectivity index (χ4v) is 7.22. The van der Waals surface area contributed by atoms with Gasteiger partial charge in [-0.2, -0.15) is 5.10 Å². The van der Waals surface area contributed by atoms with Gasteiger partial charge in [0.1, 0.15) is 0 Å². The summed E-state index contributed by atoms with van der Waals surface area (Å²) in [5.41, 5.74) is 0.965. The molecule has 53 heavy (non-hydrogen) atoms. The minimum atomic E-state index is -1.15. The third kappa shape index (κ3) is 7.98. The molecule has 0 bridgehead atoms. The standard InChI is InChI=1S/C37H43ClF2N8O5/c1-44-31(27-8-7-25(32(39)33(27)40)28-21-47(15-18-53-4)43-30(28)22-49)20-41-34(44)35(50)42-24-5-6-26(29(38)19-24)37(52)46-13-11-45(12-14-46)36(51)23-9-16-48(2,3)17-10-23/h5-8,19-21,23,49H,9-18,22H2,1-4H3/p+1. The van der Waals surface area contributed by atoms with Gasteiger partial charge < -0.3 is 34.0 Å². The van der Waals surface area contributed by atoms with Gasteiger partial charge in [-0.05, 0) is 24.3 Å². The number of hydrogen-bond donors (Lipinski definition) is 2. The first kappa shape index (κ1) is 38.0. The van der Waals surface area contributed by atoms with Crippen molar-refractivity contribution >= 4 is 35.0 Å². The van der Waals surface area contributed by atoms with Gasteiger partial charge in [-0.1, -0.05) is 17.7 Å². The Labute approximate surface area is 311 Å². The van der Waals surface area contributed by atoms with Gasteiger partial charge in [-0.25, -0.2) is 13.8 Å². The van der Waals surface area contributed by atoms with E-state index in [1.165, 1.54) is 60.1 Å². The Bertz CT molecular complexity index is 2010. The van der Waals surface area contributed by atoms with Gasteiger partial charge in [0, 0.05) is 87.7 Å². The highest BCUT2D eigenvalue weighted by molar-refractivity contribution is 6.34. The van der Waals surface area contributed by atoms with Crippen LogP contribution in [0.4, 0.5) is 14.5 Å². The number of likely N-dealkylation sites (tertiary alicyclic amines) is 1. The van der Waals surface area contributed by atoms with Crippen LogP contribution in [0.25, 0.3) is 22.4 Å². The van der Waals surface area contributed by atoms with Crippen molar-refractivity contribution in [1.29, 1.82) is 0 Å². The van der Waals surface area contributed by atoms with Crippen LogP contribution in [-0.4, -0.2) is 124 Å². The van der Waals surface area contributed by atoms with E-state index in [1.807, 2.05) is 4.90 Å². The molecule has 13 nitrogen and oxygen atoms in total. The third-order valence-electron chi connectivity index (χ3n) is 10.2. The summed E-state index contributed by atoms with van der Waals surface area (Å²) in [5, 5.41) is 16.8. The molecule has 2 aromatic carbocycles. The number of anilines is 1. The van der Waals surface area contributed by atoms with E-state index in [0.717, 1.165) is 30.4 Å². The molecule has 6 rings (SSSR count). The molecule has 0 spiro atoms. The molecule has 2 N–H and O–H groups in total. The van der Waals surface area contributed by atoms with Gasteiger partial charge in [-0.15, -0.1) is 0 Å². The predicted octanol–water partition coefficient (Wildman–Crippen LogP) is 4.04. The molecule has 0 radical (unpaired) electrons. The number of amides is 3. The summed E-state index contributed by atoms with van der Waals surface area (Å²) in [5.74, 6) is -3.07. The lowest BCUT2D eigenvalue weighted by Crippen LogP contribution is -2.54. The number of nitrogens with zero attached hydrogens (tertiary/aromatic N) is 7. The zero-order valence-corrected chi connectivity index (χ0v) is 31.0. The van der Waals surface area contributed by atoms with Gasteiger partial charge in [-0.3, -0.25) is 19.1 Å². The van der Waals surface area contributed by atoms with E-state index in [4.69, 9.17) is 16.3 Å². The molecule has 0 saturated carbocycles. The summed E-state index contributed by atoms with van der Waals surface area (Å²) in [7, 11) is 7.40. The zero-order valence-electron chi connectivity index (χ0n) is 30.2. The molecule has 2 aliphatic rings. The summed E-state index contributed by atoms with van der Waals surface area (Å²) in [6.07, 6.45) is 4.53. The van der Waals surface area contributed by atoms with E-state index in [-0.39, 0.29) is 62.2 Å². The number of aliphatic hydroxyl groups is 1. The normalized spacial score (nSPS) is 16.2. The lowest BCUT2D eigenvalue weighted by molar-refractivity contribution is -0.895. The number of carbonyl (C=O) groups is 3. The van der Waals surface area contributed by atoms with Crippen molar-refractivity contribution < 1.29 is 37.5 Å². The fourth-order valence-electron chi connectivity index (χ4n) is 6.95. The van der Waals surface area contributed by atoms with Crippen molar-refractivity contribution in [3.63, 3.8) is 0 Å². The Morgan fingerprint density at radius 1 is 1.00 bits per heavy atom. The molecule has 282 valence electrons. The largest absolute Gasteiger partial charge is 0.390 e. The quantitative estimate of drug-likeness (QED) is 0.234. The van der Waals surface area contributed by atoms with Crippen molar-refractivity contribution in [2.45, 2.75) is 26.0 Å². The highest BCUT2D eigenvalue weighted by atomic mass is 35.5. The topological polar surface area (TPSA) is 135 Å². The van der Waals surface area contributed by atoms with Crippen molar-refractivity contribution in [3.05, 3.63) is 76.5 Å². The van der Waals surface area contributed by atoms with Crippen LogP contribution in [0.5, 0.6) is 0 Å². The number of piperidine rings is 1. The molecule has 4 aromatic rings. The van der Waals surface area contributed by atoms with E-state index in [1.54, 1.807) is 11.0 Å². The maximum atomic E-state index is 15.6. The van der Waals surface area contributed by atoms with Crippen LogP contribution in [-0.2, 0) is 29.7 Å². The molecule has 2 fully saturated rings. The second kappa shape index (κ2) is 15.7. The number of hydrogen-bond acceptors (Lipinski definition) is 7. The highest BCUT2D eigenvalue weighted by Crippen LogP contribution is 2.33. The Morgan fingerprint density at radius 2 is 1.66 bits per heavy atom. The molecule has 2 saturated heterocycles. The number of carbonyl (C=O) groups excluding carboxylic acids is 3. The van der Waals surface area contributed by atoms with Gasteiger partial charge >= 0.3 is 0 Å². The second-order valence-electron chi connectivity index (χ2n) is 14.1. The minimum absolute atomic E-state index is 0.0319. The van der Waals surface area contributed by atoms with Crippen molar-refractivity contribution in [1.82, 2.24) is 29.1 Å². The molecule has 16 heteroatoms. The lowest BCUT2D eigenvalue weighted by Gasteiger charge is -2.40. The van der Waals surface area contributed by atoms with Crippen LogP contribution in [0, 0.1) is 17.6 Å². The number of imidazole rings is 1. The number of methoxy groups -OCH3 is 1. The Hall–Kier alpha value is -4.70. The number of nitrogens with one attached hydrogen (secondary N) is 1. The molecule has 3 amide bonds. The number of aromatic nitrogens is 4. The van der Waals surface area contributed by atoms with E-state index < -0.39 is 24.1 Å². The van der Waals surface area contributed by atoms with Crippen LogP contribution in [0.1, 0.15) is 39.5 Å². The Balaban J connectivity index is 1.09. The second-order valence-corrected chi connectivity index (χ2v) is 14.5. The monoisotopic (exact) mass is 753 g/mol. The molecule has 2 aliphatic heterocycles. The smallest absolute Gasteiger partial charge is 0.291 e. The fraction of sp³-hybridized carbons (Fsp3) is 0.432. The molecule has 0 aliphatic carbocycles.